The van der Waals surface area contributed by atoms with Gasteiger partial charge in [0, 0.05) is 30.6 Å². The number of nitro benzene ring substituents is 1. The van der Waals surface area contributed by atoms with Gasteiger partial charge in [-0.1, -0.05) is 11.6 Å². The molecule has 6 nitrogen and oxygen atoms in total. The van der Waals surface area contributed by atoms with E-state index in [9.17, 15) is 10.1 Å². The lowest BCUT2D eigenvalue weighted by molar-refractivity contribution is -0.384. The molecule has 1 heterocycles. The highest BCUT2D eigenvalue weighted by Crippen LogP contribution is 2.27. The standard InChI is InChI=1S/C12H13ClN4O2/c1-9(8-16-6-2-5-14-16)15-12-4-3-10(17(18)19)7-11(12)13/h2-7,9,15H,8H2,1H3. The Balaban J connectivity index is 2.04. The largest absolute Gasteiger partial charge is 0.380 e. The fourth-order valence-electron chi connectivity index (χ4n) is 1.73. The fourth-order valence-corrected chi connectivity index (χ4v) is 1.96. The third-order valence-corrected chi connectivity index (χ3v) is 2.90. The third-order valence-electron chi connectivity index (χ3n) is 2.59. The van der Waals surface area contributed by atoms with Crippen molar-refractivity contribution in [1.82, 2.24) is 9.78 Å². The van der Waals surface area contributed by atoms with Crippen LogP contribution in [0.3, 0.4) is 0 Å². The van der Waals surface area contributed by atoms with Crippen LogP contribution >= 0.6 is 11.6 Å². The topological polar surface area (TPSA) is 73.0 Å². The van der Waals surface area contributed by atoms with Gasteiger partial charge in [0.2, 0.25) is 0 Å². The van der Waals surface area contributed by atoms with Crippen LogP contribution in [0.4, 0.5) is 11.4 Å². The van der Waals surface area contributed by atoms with Gasteiger partial charge in [0.05, 0.1) is 22.2 Å². The van der Waals surface area contributed by atoms with Crippen LogP contribution in [0.15, 0.2) is 36.7 Å². The van der Waals surface area contributed by atoms with Gasteiger partial charge in [0.25, 0.3) is 5.69 Å². The molecular weight excluding hydrogens is 268 g/mol. The Hall–Kier alpha value is -2.08. The Morgan fingerprint density at radius 1 is 1.58 bits per heavy atom. The Morgan fingerprint density at radius 3 is 2.95 bits per heavy atom. The normalized spacial score (nSPS) is 12.1. The van der Waals surface area contributed by atoms with Gasteiger partial charge in [-0.2, -0.15) is 5.10 Å². The smallest absolute Gasteiger partial charge is 0.271 e. The molecule has 0 spiro atoms. The number of nitrogens with zero attached hydrogens (tertiary/aromatic N) is 3. The second-order valence-corrected chi connectivity index (χ2v) is 4.60. The number of nitrogens with one attached hydrogen (secondary N) is 1. The lowest BCUT2D eigenvalue weighted by atomic mass is 10.2. The van der Waals surface area contributed by atoms with E-state index in [1.54, 1.807) is 16.9 Å². The zero-order chi connectivity index (χ0) is 13.8. The van der Waals surface area contributed by atoms with E-state index in [1.807, 2.05) is 19.2 Å². The van der Waals surface area contributed by atoms with E-state index < -0.39 is 4.92 Å². The molecule has 0 aliphatic heterocycles. The van der Waals surface area contributed by atoms with Crippen molar-refractivity contribution in [3.8, 4) is 0 Å². The molecule has 1 aromatic carbocycles. The highest BCUT2D eigenvalue weighted by atomic mass is 35.5. The monoisotopic (exact) mass is 280 g/mol. The van der Waals surface area contributed by atoms with Gasteiger partial charge in [0.1, 0.15) is 0 Å². The summed E-state index contributed by atoms with van der Waals surface area (Å²) < 4.78 is 1.80. The molecule has 0 aliphatic rings. The first kappa shape index (κ1) is 13.4. The van der Waals surface area contributed by atoms with Gasteiger partial charge in [-0.3, -0.25) is 14.8 Å². The van der Waals surface area contributed by atoms with Crippen LogP contribution in [0.25, 0.3) is 0 Å². The van der Waals surface area contributed by atoms with Crippen LogP contribution in [0.5, 0.6) is 0 Å². The van der Waals surface area contributed by atoms with Crippen LogP contribution in [0.2, 0.25) is 5.02 Å². The zero-order valence-electron chi connectivity index (χ0n) is 10.3. The first-order valence-corrected chi connectivity index (χ1v) is 6.12. The van der Waals surface area contributed by atoms with Crippen molar-refractivity contribution < 1.29 is 4.92 Å². The lowest BCUT2D eigenvalue weighted by Gasteiger charge is -2.16. The molecule has 7 heteroatoms. The molecule has 0 saturated carbocycles. The molecule has 0 bridgehead atoms. The summed E-state index contributed by atoms with van der Waals surface area (Å²) in [7, 11) is 0. The van der Waals surface area contributed by atoms with Gasteiger partial charge >= 0.3 is 0 Å². The predicted octanol–water partition coefficient (Wildman–Crippen LogP) is 2.95. The SMILES string of the molecule is CC(Cn1cccn1)Nc1ccc([N+](=O)[O-])cc1Cl. The number of aromatic nitrogens is 2. The van der Waals surface area contributed by atoms with Crippen molar-refractivity contribution in [2.75, 3.05) is 5.32 Å². The van der Waals surface area contributed by atoms with Crippen molar-refractivity contribution in [1.29, 1.82) is 0 Å². The number of anilines is 1. The third kappa shape index (κ3) is 3.45. The Morgan fingerprint density at radius 2 is 2.37 bits per heavy atom. The summed E-state index contributed by atoms with van der Waals surface area (Å²) in [5.74, 6) is 0. The van der Waals surface area contributed by atoms with Crippen molar-refractivity contribution in [3.63, 3.8) is 0 Å². The molecule has 1 aromatic heterocycles. The van der Waals surface area contributed by atoms with Gasteiger partial charge in [0.15, 0.2) is 0 Å². The maximum Gasteiger partial charge on any atom is 0.271 e. The molecule has 1 N–H and O–H groups in total. The number of non-ortho nitro benzene ring substituents is 1. The average Bonchev–Trinajstić information content (AvgIpc) is 2.84. The highest BCUT2D eigenvalue weighted by molar-refractivity contribution is 6.33. The molecule has 0 amide bonds. The molecule has 0 fully saturated rings. The number of rotatable bonds is 5. The summed E-state index contributed by atoms with van der Waals surface area (Å²) in [6.45, 7) is 2.67. The molecule has 19 heavy (non-hydrogen) atoms. The minimum absolute atomic E-state index is 0.0183. The number of hydrogen-bond acceptors (Lipinski definition) is 4. The summed E-state index contributed by atoms with van der Waals surface area (Å²) in [5, 5.41) is 18.3. The van der Waals surface area contributed by atoms with Gasteiger partial charge < -0.3 is 5.32 Å². The van der Waals surface area contributed by atoms with Gasteiger partial charge in [-0.05, 0) is 19.1 Å². The van der Waals surface area contributed by atoms with Crippen molar-refractivity contribution >= 4 is 23.0 Å². The Bertz CT molecular complexity index is 571. The summed E-state index contributed by atoms with van der Waals surface area (Å²) in [6, 6.07) is 6.32. The van der Waals surface area contributed by atoms with Crippen LogP contribution in [0.1, 0.15) is 6.92 Å². The maximum absolute atomic E-state index is 10.6. The predicted molar refractivity (Wildman–Crippen MR) is 73.4 cm³/mol. The van der Waals surface area contributed by atoms with E-state index in [4.69, 9.17) is 11.6 Å². The molecule has 0 aliphatic carbocycles. The van der Waals surface area contributed by atoms with Crippen molar-refractivity contribution in [2.24, 2.45) is 0 Å². The maximum atomic E-state index is 10.6. The minimum Gasteiger partial charge on any atom is -0.380 e. The Labute approximate surface area is 115 Å². The number of hydrogen-bond donors (Lipinski definition) is 1. The minimum atomic E-state index is -0.469. The van der Waals surface area contributed by atoms with Crippen LogP contribution in [0, 0.1) is 10.1 Å². The summed E-state index contributed by atoms with van der Waals surface area (Å²) >= 11 is 6.01. The fraction of sp³-hybridized carbons (Fsp3) is 0.250. The number of halogens is 1. The van der Waals surface area contributed by atoms with E-state index in [1.165, 1.54) is 12.1 Å². The van der Waals surface area contributed by atoms with E-state index in [2.05, 4.69) is 10.4 Å². The first-order valence-electron chi connectivity index (χ1n) is 5.74. The first-order chi connectivity index (χ1) is 9.06. The second-order valence-electron chi connectivity index (χ2n) is 4.19. The molecule has 100 valence electrons. The van der Waals surface area contributed by atoms with Crippen molar-refractivity contribution in [2.45, 2.75) is 19.5 Å². The van der Waals surface area contributed by atoms with E-state index >= 15 is 0 Å². The van der Waals surface area contributed by atoms with Gasteiger partial charge in [-0.15, -0.1) is 0 Å². The molecular formula is C12H13ClN4O2. The van der Waals surface area contributed by atoms with Crippen molar-refractivity contribution in [3.05, 3.63) is 51.8 Å². The number of nitro groups is 1. The van der Waals surface area contributed by atoms with Crippen LogP contribution in [-0.4, -0.2) is 20.7 Å². The van der Waals surface area contributed by atoms with E-state index in [0.29, 0.717) is 17.3 Å². The van der Waals surface area contributed by atoms with Crippen LogP contribution < -0.4 is 5.32 Å². The van der Waals surface area contributed by atoms with Crippen LogP contribution in [-0.2, 0) is 6.54 Å². The lowest BCUT2D eigenvalue weighted by Crippen LogP contribution is -2.22. The summed E-state index contributed by atoms with van der Waals surface area (Å²) in [5.41, 5.74) is 0.655. The quantitative estimate of drug-likeness (QED) is 0.675. The number of benzene rings is 1. The summed E-state index contributed by atoms with van der Waals surface area (Å²) in [4.78, 5) is 10.1. The Kier molecular flexibility index (Phi) is 4.01. The molecule has 1 unspecified atom stereocenters. The average molecular weight is 281 g/mol. The zero-order valence-corrected chi connectivity index (χ0v) is 11.0. The molecule has 2 aromatic rings. The molecule has 2 rings (SSSR count). The van der Waals surface area contributed by atoms with Gasteiger partial charge in [-0.25, -0.2) is 0 Å². The van der Waals surface area contributed by atoms with E-state index in [0.717, 1.165) is 0 Å². The molecule has 1 atom stereocenters. The highest BCUT2D eigenvalue weighted by Gasteiger charge is 2.11. The molecule has 0 radical (unpaired) electrons. The molecule has 0 saturated heterocycles. The second kappa shape index (κ2) is 5.71. The summed E-state index contributed by atoms with van der Waals surface area (Å²) in [6.07, 6.45) is 3.58. The van der Waals surface area contributed by atoms with E-state index in [-0.39, 0.29) is 11.7 Å².